The second kappa shape index (κ2) is 8.45. The Labute approximate surface area is 168 Å². The second-order valence-corrected chi connectivity index (χ2v) is 7.17. The van der Waals surface area contributed by atoms with E-state index in [1.807, 2.05) is 31.2 Å². The van der Waals surface area contributed by atoms with Crippen LogP contribution in [0.4, 0.5) is 5.69 Å². The maximum atomic E-state index is 12.6. The lowest BCUT2D eigenvalue weighted by atomic mass is 10.1. The summed E-state index contributed by atoms with van der Waals surface area (Å²) in [7, 11) is 0. The molecule has 1 aliphatic rings. The molecule has 0 radical (unpaired) electrons. The molecule has 4 rings (SSSR count). The molecule has 1 aliphatic heterocycles. The van der Waals surface area contributed by atoms with Gasteiger partial charge in [-0.05, 0) is 43.5 Å². The Morgan fingerprint density at radius 1 is 1.31 bits per heavy atom. The average molecular weight is 393 g/mol. The molecule has 0 bridgehead atoms. The molecule has 1 N–H and O–H groups in total. The van der Waals surface area contributed by atoms with Crippen molar-refractivity contribution >= 4 is 22.5 Å². The minimum absolute atomic E-state index is 0.114. The van der Waals surface area contributed by atoms with E-state index in [0.717, 1.165) is 25.0 Å². The molecule has 1 aromatic heterocycles. The topological polar surface area (TPSA) is 82.5 Å². The van der Waals surface area contributed by atoms with Gasteiger partial charge in [0.1, 0.15) is 18.9 Å². The Morgan fingerprint density at radius 3 is 3.00 bits per heavy atom. The van der Waals surface area contributed by atoms with Gasteiger partial charge in [-0.2, -0.15) is 0 Å². The summed E-state index contributed by atoms with van der Waals surface area (Å²) in [6.45, 7) is 3.07. The largest absolute Gasteiger partial charge is 0.491 e. The van der Waals surface area contributed by atoms with Gasteiger partial charge >= 0.3 is 0 Å². The van der Waals surface area contributed by atoms with Crippen LogP contribution in [0.3, 0.4) is 0 Å². The number of nitrogens with zero attached hydrogens (tertiary/aromatic N) is 2. The number of amides is 1. The lowest BCUT2D eigenvalue weighted by Crippen LogP contribution is -2.28. The van der Waals surface area contributed by atoms with Gasteiger partial charge in [0, 0.05) is 18.4 Å². The van der Waals surface area contributed by atoms with Gasteiger partial charge in [-0.3, -0.25) is 14.2 Å². The number of fused-ring (bicyclic) bond motifs is 1. The number of carbonyl (C=O) groups is 1. The molecular weight excluding hydrogens is 370 g/mol. The molecule has 1 saturated heterocycles. The fraction of sp³-hybridized carbons (Fsp3) is 0.318. The summed E-state index contributed by atoms with van der Waals surface area (Å²) in [5, 5.41) is 3.31. The maximum absolute atomic E-state index is 12.6. The number of aryl methyl sites for hydroxylation is 1. The van der Waals surface area contributed by atoms with Gasteiger partial charge in [0.25, 0.3) is 5.56 Å². The highest BCUT2D eigenvalue weighted by molar-refractivity contribution is 5.91. The fourth-order valence-corrected chi connectivity index (χ4v) is 3.43. The summed E-state index contributed by atoms with van der Waals surface area (Å²) in [4.78, 5) is 29.4. The van der Waals surface area contributed by atoms with Crippen LogP contribution in [0, 0.1) is 6.92 Å². The van der Waals surface area contributed by atoms with E-state index < -0.39 is 0 Å². The van der Waals surface area contributed by atoms with Gasteiger partial charge in [-0.25, -0.2) is 4.98 Å². The third-order valence-electron chi connectivity index (χ3n) is 4.95. The first-order valence-corrected chi connectivity index (χ1v) is 9.69. The van der Waals surface area contributed by atoms with Crippen LogP contribution in [-0.4, -0.2) is 34.8 Å². The van der Waals surface area contributed by atoms with Gasteiger partial charge in [-0.15, -0.1) is 0 Å². The fourth-order valence-electron chi connectivity index (χ4n) is 3.43. The SMILES string of the molecule is Cc1cccc2c(=O)n(CC(=O)Nc3cccc(OC[C@@H]4CCCO4)c3)cnc12. The monoisotopic (exact) mass is 393 g/mol. The van der Waals surface area contributed by atoms with Gasteiger partial charge in [0.2, 0.25) is 5.91 Å². The van der Waals surface area contributed by atoms with Crippen molar-refractivity contribution in [1.29, 1.82) is 0 Å². The summed E-state index contributed by atoms with van der Waals surface area (Å²) < 4.78 is 12.6. The van der Waals surface area contributed by atoms with E-state index >= 15 is 0 Å². The molecule has 1 atom stereocenters. The quantitative estimate of drug-likeness (QED) is 0.696. The smallest absolute Gasteiger partial charge is 0.261 e. The van der Waals surface area contributed by atoms with Crippen molar-refractivity contribution in [3.8, 4) is 5.75 Å². The third kappa shape index (κ3) is 4.46. The number of hydrogen-bond acceptors (Lipinski definition) is 5. The molecule has 1 fully saturated rings. The van der Waals surface area contributed by atoms with Crippen molar-refractivity contribution in [3.05, 3.63) is 64.7 Å². The standard InChI is InChI=1S/C22H23N3O4/c1-15-5-2-9-19-21(15)23-14-25(22(19)27)12-20(26)24-16-6-3-7-17(11-16)29-13-18-8-4-10-28-18/h2-3,5-7,9,11,14,18H,4,8,10,12-13H2,1H3,(H,24,26)/t18-/m0/s1. The normalized spacial score (nSPS) is 16.1. The molecule has 2 heterocycles. The minimum Gasteiger partial charge on any atom is -0.491 e. The zero-order valence-electron chi connectivity index (χ0n) is 16.3. The molecule has 1 amide bonds. The highest BCUT2D eigenvalue weighted by atomic mass is 16.5. The van der Waals surface area contributed by atoms with E-state index in [-0.39, 0.29) is 24.1 Å². The van der Waals surface area contributed by atoms with Crippen molar-refractivity contribution in [3.63, 3.8) is 0 Å². The zero-order valence-corrected chi connectivity index (χ0v) is 16.3. The number of para-hydroxylation sites is 1. The number of ether oxygens (including phenoxy) is 2. The van der Waals surface area contributed by atoms with E-state index in [1.54, 1.807) is 18.2 Å². The first-order chi connectivity index (χ1) is 14.1. The van der Waals surface area contributed by atoms with Gasteiger partial charge < -0.3 is 14.8 Å². The van der Waals surface area contributed by atoms with Crippen molar-refractivity contribution < 1.29 is 14.3 Å². The van der Waals surface area contributed by atoms with Crippen LogP contribution in [0.5, 0.6) is 5.75 Å². The van der Waals surface area contributed by atoms with Gasteiger partial charge in [-0.1, -0.05) is 18.2 Å². The summed E-state index contributed by atoms with van der Waals surface area (Å²) in [6, 6.07) is 12.6. The molecule has 0 unspecified atom stereocenters. The molecule has 150 valence electrons. The van der Waals surface area contributed by atoms with Crippen LogP contribution < -0.4 is 15.6 Å². The molecule has 7 heteroatoms. The Kier molecular flexibility index (Phi) is 5.57. The lowest BCUT2D eigenvalue weighted by molar-refractivity contribution is -0.116. The number of aromatic nitrogens is 2. The van der Waals surface area contributed by atoms with E-state index in [2.05, 4.69) is 10.3 Å². The van der Waals surface area contributed by atoms with Crippen molar-refractivity contribution in [2.24, 2.45) is 0 Å². The van der Waals surface area contributed by atoms with E-state index in [4.69, 9.17) is 9.47 Å². The summed E-state index contributed by atoms with van der Waals surface area (Å²) in [5.41, 5.74) is 1.96. The zero-order chi connectivity index (χ0) is 20.2. The van der Waals surface area contributed by atoms with Gasteiger partial charge in [0.15, 0.2) is 0 Å². The highest BCUT2D eigenvalue weighted by Gasteiger charge is 2.16. The summed E-state index contributed by atoms with van der Waals surface area (Å²) >= 11 is 0. The predicted molar refractivity (Wildman–Crippen MR) is 110 cm³/mol. The van der Waals surface area contributed by atoms with E-state index in [9.17, 15) is 9.59 Å². The van der Waals surface area contributed by atoms with Crippen molar-refractivity contribution in [2.45, 2.75) is 32.4 Å². The molecule has 29 heavy (non-hydrogen) atoms. The third-order valence-corrected chi connectivity index (χ3v) is 4.95. The van der Waals surface area contributed by atoms with Crippen LogP contribution >= 0.6 is 0 Å². The Balaban J connectivity index is 1.42. The molecule has 7 nitrogen and oxygen atoms in total. The average Bonchev–Trinajstić information content (AvgIpc) is 3.23. The number of benzene rings is 2. The summed E-state index contributed by atoms with van der Waals surface area (Å²) in [5.74, 6) is 0.357. The maximum Gasteiger partial charge on any atom is 0.261 e. The number of rotatable bonds is 6. The van der Waals surface area contributed by atoms with Crippen molar-refractivity contribution in [1.82, 2.24) is 9.55 Å². The minimum atomic E-state index is -0.308. The molecule has 2 aromatic carbocycles. The first-order valence-electron chi connectivity index (χ1n) is 9.69. The van der Waals surface area contributed by atoms with Gasteiger partial charge in [0.05, 0.1) is 23.3 Å². The van der Waals surface area contributed by atoms with Crippen LogP contribution in [0.1, 0.15) is 18.4 Å². The number of hydrogen-bond donors (Lipinski definition) is 1. The Bertz CT molecular complexity index is 1090. The van der Waals surface area contributed by atoms with Crippen LogP contribution in [0.2, 0.25) is 0 Å². The predicted octanol–water partition coefficient (Wildman–Crippen LogP) is 2.90. The van der Waals surface area contributed by atoms with Crippen LogP contribution in [0.25, 0.3) is 10.9 Å². The molecule has 0 aliphatic carbocycles. The molecule has 3 aromatic rings. The lowest BCUT2D eigenvalue weighted by Gasteiger charge is -2.13. The highest BCUT2D eigenvalue weighted by Crippen LogP contribution is 2.20. The number of carbonyl (C=O) groups excluding carboxylic acids is 1. The van der Waals surface area contributed by atoms with Crippen LogP contribution in [0.15, 0.2) is 53.6 Å². The number of nitrogens with one attached hydrogen (secondary N) is 1. The molecular formula is C22H23N3O4. The Hall–Kier alpha value is -3.19. The summed E-state index contributed by atoms with van der Waals surface area (Å²) in [6.07, 6.45) is 3.61. The first kappa shape index (κ1) is 19.1. The van der Waals surface area contributed by atoms with Crippen molar-refractivity contribution in [2.75, 3.05) is 18.5 Å². The van der Waals surface area contributed by atoms with E-state index in [0.29, 0.717) is 28.9 Å². The number of anilines is 1. The van der Waals surface area contributed by atoms with E-state index in [1.165, 1.54) is 10.9 Å². The molecule has 0 saturated carbocycles. The second-order valence-electron chi connectivity index (χ2n) is 7.17. The van der Waals surface area contributed by atoms with Crippen LogP contribution in [-0.2, 0) is 16.1 Å². The Morgan fingerprint density at radius 2 is 2.17 bits per heavy atom. The molecule has 0 spiro atoms.